The van der Waals surface area contributed by atoms with Crippen LogP contribution in [0.25, 0.3) is 0 Å². The molecule has 0 saturated heterocycles. The van der Waals surface area contributed by atoms with Gasteiger partial charge in [-0.25, -0.2) is 4.39 Å². The van der Waals surface area contributed by atoms with Gasteiger partial charge in [0.2, 0.25) is 0 Å². The molecule has 0 saturated carbocycles. The molecule has 1 rings (SSSR count). The van der Waals surface area contributed by atoms with Crippen molar-refractivity contribution in [3.05, 3.63) is 29.0 Å². The van der Waals surface area contributed by atoms with Crippen LogP contribution in [0.3, 0.4) is 0 Å². The molecule has 0 radical (unpaired) electrons. The third-order valence-corrected chi connectivity index (χ3v) is 2.80. The van der Waals surface area contributed by atoms with E-state index in [9.17, 15) is 4.39 Å². The highest BCUT2D eigenvalue weighted by atomic mass is 35.5. The van der Waals surface area contributed by atoms with Crippen LogP contribution in [0.4, 0.5) is 4.39 Å². The van der Waals surface area contributed by atoms with E-state index in [4.69, 9.17) is 16.3 Å². The maximum absolute atomic E-state index is 12.9. The first-order valence-electron chi connectivity index (χ1n) is 6.18. The highest BCUT2D eigenvalue weighted by molar-refractivity contribution is 6.32. The van der Waals surface area contributed by atoms with Crippen molar-refractivity contribution in [2.75, 3.05) is 6.54 Å². The van der Waals surface area contributed by atoms with Crippen molar-refractivity contribution < 1.29 is 9.13 Å². The summed E-state index contributed by atoms with van der Waals surface area (Å²) in [6.45, 7) is 9.08. The Kier molecular flexibility index (Phi) is 5.42. The molecule has 1 aromatic rings. The normalized spacial score (nSPS) is 13.4. The molecule has 0 aliphatic carbocycles. The van der Waals surface area contributed by atoms with Crippen LogP contribution in [0, 0.1) is 5.82 Å². The first-order valence-corrected chi connectivity index (χ1v) is 6.56. The number of halogens is 2. The van der Waals surface area contributed by atoms with Gasteiger partial charge in [-0.1, -0.05) is 18.5 Å². The van der Waals surface area contributed by atoms with Gasteiger partial charge in [0.05, 0.1) is 5.02 Å². The Labute approximate surface area is 113 Å². The SMILES string of the molecule is CCC(CNC(C)(C)C)Oc1ccc(F)cc1Cl. The molecule has 0 aliphatic heterocycles. The Bertz CT molecular complexity index is 390. The number of nitrogens with one attached hydrogen (secondary N) is 1. The monoisotopic (exact) mass is 273 g/mol. The van der Waals surface area contributed by atoms with Gasteiger partial charge in [-0.3, -0.25) is 0 Å². The first kappa shape index (κ1) is 15.3. The molecular weight excluding hydrogens is 253 g/mol. The fraction of sp³-hybridized carbons (Fsp3) is 0.571. The Hall–Kier alpha value is -0.800. The highest BCUT2D eigenvalue weighted by Crippen LogP contribution is 2.26. The van der Waals surface area contributed by atoms with E-state index < -0.39 is 0 Å². The fourth-order valence-electron chi connectivity index (χ4n) is 1.44. The lowest BCUT2D eigenvalue weighted by atomic mass is 10.1. The molecule has 18 heavy (non-hydrogen) atoms. The van der Waals surface area contributed by atoms with Crippen molar-refractivity contribution in [2.24, 2.45) is 0 Å². The van der Waals surface area contributed by atoms with E-state index in [1.165, 1.54) is 12.1 Å². The molecule has 0 aromatic heterocycles. The van der Waals surface area contributed by atoms with E-state index in [1.807, 2.05) is 6.92 Å². The van der Waals surface area contributed by atoms with Gasteiger partial charge in [-0.05, 0) is 45.4 Å². The summed E-state index contributed by atoms with van der Waals surface area (Å²) in [5.74, 6) is 0.175. The second kappa shape index (κ2) is 6.39. The molecule has 1 N–H and O–H groups in total. The number of rotatable bonds is 5. The van der Waals surface area contributed by atoms with Gasteiger partial charge in [0.15, 0.2) is 0 Å². The maximum atomic E-state index is 12.9. The average Bonchev–Trinajstić information content (AvgIpc) is 2.25. The van der Waals surface area contributed by atoms with Crippen molar-refractivity contribution in [1.82, 2.24) is 5.32 Å². The third kappa shape index (κ3) is 5.23. The van der Waals surface area contributed by atoms with Gasteiger partial charge in [0.1, 0.15) is 17.7 Å². The minimum absolute atomic E-state index is 0.0205. The molecule has 0 bridgehead atoms. The Morgan fingerprint density at radius 3 is 2.56 bits per heavy atom. The second-order valence-electron chi connectivity index (χ2n) is 5.35. The Morgan fingerprint density at radius 1 is 1.39 bits per heavy atom. The second-order valence-corrected chi connectivity index (χ2v) is 5.76. The topological polar surface area (TPSA) is 21.3 Å². The lowest BCUT2D eigenvalue weighted by Gasteiger charge is -2.25. The van der Waals surface area contributed by atoms with E-state index in [2.05, 4.69) is 26.1 Å². The van der Waals surface area contributed by atoms with Gasteiger partial charge in [-0.15, -0.1) is 0 Å². The Morgan fingerprint density at radius 2 is 2.06 bits per heavy atom. The smallest absolute Gasteiger partial charge is 0.138 e. The molecular formula is C14H21ClFNO. The van der Waals surface area contributed by atoms with Crippen molar-refractivity contribution in [1.29, 1.82) is 0 Å². The van der Waals surface area contributed by atoms with Gasteiger partial charge in [0.25, 0.3) is 0 Å². The van der Waals surface area contributed by atoms with Crippen molar-refractivity contribution in [3.8, 4) is 5.75 Å². The molecule has 0 aliphatic rings. The van der Waals surface area contributed by atoms with Gasteiger partial charge in [-0.2, -0.15) is 0 Å². The van der Waals surface area contributed by atoms with Crippen LogP contribution in [0.1, 0.15) is 34.1 Å². The van der Waals surface area contributed by atoms with Gasteiger partial charge < -0.3 is 10.1 Å². The van der Waals surface area contributed by atoms with Crippen LogP contribution in [0.5, 0.6) is 5.75 Å². The predicted octanol–water partition coefficient (Wildman–Crippen LogP) is 4.02. The Balaban J connectivity index is 2.62. The summed E-state index contributed by atoms with van der Waals surface area (Å²) in [6, 6.07) is 4.18. The van der Waals surface area contributed by atoms with Crippen LogP contribution in [-0.4, -0.2) is 18.2 Å². The van der Waals surface area contributed by atoms with Crippen molar-refractivity contribution >= 4 is 11.6 Å². The lowest BCUT2D eigenvalue weighted by Crippen LogP contribution is -2.42. The van der Waals surface area contributed by atoms with Crippen LogP contribution in [-0.2, 0) is 0 Å². The van der Waals surface area contributed by atoms with E-state index in [0.717, 1.165) is 13.0 Å². The molecule has 0 amide bonds. The minimum atomic E-state index is -0.354. The standard InChI is InChI=1S/C14H21ClFNO/c1-5-11(9-17-14(2,3)4)18-13-7-6-10(16)8-12(13)15/h6-8,11,17H,5,9H2,1-4H3. The summed E-state index contributed by atoms with van der Waals surface area (Å²) >= 11 is 5.94. The zero-order valence-electron chi connectivity index (χ0n) is 11.4. The molecule has 102 valence electrons. The average molecular weight is 274 g/mol. The lowest BCUT2D eigenvalue weighted by molar-refractivity contribution is 0.181. The molecule has 0 spiro atoms. The number of hydrogen-bond donors (Lipinski definition) is 1. The third-order valence-electron chi connectivity index (χ3n) is 2.50. The van der Waals surface area contributed by atoms with Crippen molar-refractivity contribution in [2.45, 2.75) is 45.8 Å². The van der Waals surface area contributed by atoms with Crippen LogP contribution in [0.2, 0.25) is 5.02 Å². The van der Waals surface area contributed by atoms with Gasteiger partial charge >= 0.3 is 0 Å². The summed E-state index contributed by atoms with van der Waals surface area (Å²) in [7, 11) is 0. The van der Waals surface area contributed by atoms with Crippen LogP contribution in [0.15, 0.2) is 18.2 Å². The quantitative estimate of drug-likeness (QED) is 0.875. The summed E-state index contributed by atoms with van der Waals surface area (Å²) in [6.07, 6.45) is 0.878. The molecule has 0 fully saturated rings. The van der Waals surface area contributed by atoms with E-state index in [0.29, 0.717) is 10.8 Å². The maximum Gasteiger partial charge on any atom is 0.138 e. The van der Waals surface area contributed by atoms with E-state index in [-0.39, 0.29) is 17.5 Å². The molecule has 2 nitrogen and oxygen atoms in total. The zero-order valence-corrected chi connectivity index (χ0v) is 12.1. The fourth-order valence-corrected chi connectivity index (χ4v) is 1.65. The minimum Gasteiger partial charge on any atom is -0.488 e. The largest absolute Gasteiger partial charge is 0.488 e. The van der Waals surface area contributed by atoms with Crippen LogP contribution < -0.4 is 10.1 Å². The number of hydrogen-bond acceptors (Lipinski definition) is 2. The number of ether oxygens (including phenoxy) is 1. The summed E-state index contributed by atoms with van der Waals surface area (Å²) in [5, 5.41) is 3.69. The van der Waals surface area contributed by atoms with Gasteiger partial charge in [0, 0.05) is 12.1 Å². The van der Waals surface area contributed by atoms with Crippen molar-refractivity contribution in [3.63, 3.8) is 0 Å². The summed E-state index contributed by atoms with van der Waals surface area (Å²) < 4.78 is 18.7. The molecule has 0 heterocycles. The molecule has 1 atom stereocenters. The number of benzene rings is 1. The van der Waals surface area contributed by atoms with E-state index in [1.54, 1.807) is 6.07 Å². The predicted molar refractivity (Wildman–Crippen MR) is 73.9 cm³/mol. The highest BCUT2D eigenvalue weighted by Gasteiger charge is 2.15. The molecule has 4 heteroatoms. The summed E-state index contributed by atoms with van der Waals surface area (Å²) in [4.78, 5) is 0. The molecule has 1 aromatic carbocycles. The zero-order chi connectivity index (χ0) is 13.8. The first-order chi connectivity index (χ1) is 8.31. The van der Waals surface area contributed by atoms with Crippen LogP contribution >= 0.6 is 11.6 Å². The van der Waals surface area contributed by atoms with E-state index >= 15 is 0 Å². The molecule has 1 unspecified atom stereocenters. The summed E-state index contributed by atoms with van der Waals surface area (Å²) in [5.41, 5.74) is 0.0450.